The Bertz CT molecular complexity index is 830. The largest absolute Gasteiger partial charge is 0.297 e. The number of rotatable bonds is 4. The Labute approximate surface area is 134 Å². The minimum atomic E-state index is -0.210. The lowest BCUT2D eigenvalue weighted by molar-refractivity contribution is -0.111. The van der Waals surface area contributed by atoms with Crippen molar-refractivity contribution >= 4 is 50.0 Å². The van der Waals surface area contributed by atoms with Crippen molar-refractivity contribution in [2.24, 2.45) is 0 Å². The van der Waals surface area contributed by atoms with Gasteiger partial charge in [-0.2, -0.15) is 0 Å². The molecule has 0 spiro atoms. The molecule has 2 heterocycles. The van der Waals surface area contributed by atoms with Crippen LogP contribution in [0.2, 0.25) is 0 Å². The van der Waals surface area contributed by atoms with Crippen molar-refractivity contribution in [3.63, 3.8) is 0 Å². The molecule has 1 aliphatic rings. The molecule has 1 aromatic carbocycles. The third-order valence-corrected chi connectivity index (χ3v) is 5.29. The Hall–Kier alpha value is -2.12. The second-order valence-electron chi connectivity index (χ2n) is 5.06. The fourth-order valence-corrected chi connectivity index (χ4v) is 3.82. The van der Waals surface area contributed by atoms with Gasteiger partial charge < -0.3 is 0 Å². The van der Waals surface area contributed by atoms with Gasteiger partial charge in [0.15, 0.2) is 0 Å². The molecule has 1 fully saturated rings. The molecule has 0 aliphatic heterocycles. The van der Waals surface area contributed by atoms with Gasteiger partial charge in [-0.05, 0) is 31.1 Å². The maximum atomic E-state index is 11.9. The van der Waals surface area contributed by atoms with Gasteiger partial charge in [0.2, 0.25) is 11.0 Å². The van der Waals surface area contributed by atoms with Gasteiger partial charge in [0.05, 0.1) is 10.2 Å². The first-order chi connectivity index (χ1) is 10.8. The van der Waals surface area contributed by atoms with Gasteiger partial charge in [-0.25, -0.2) is 4.98 Å². The standard InChI is InChI=1S/C15H12N4OS2/c20-12(17-15-19-18-14(22-15)9-5-6-9)7-8-13-16-10-3-1-2-4-11(10)21-13/h1-4,7-9H,5-6H2,(H,17,19,20)/b8-7+. The van der Waals surface area contributed by atoms with E-state index in [9.17, 15) is 4.79 Å². The number of hydrogen-bond acceptors (Lipinski definition) is 6. The lowest BCUT2D eigenvalue weighted by Gasteiger charge is -1.93. The SMILES string of the molecule is O=C(/C=C/c1nc2ccccc2s1)Nc1nnc(C2CC2)s1. The molecule has 0 atom stereocenters. The van der Waals surface area contributed by atoms with E-state index >= 15 is 0 Å². The normalized spacial score (nSPS) is 14.7. The molecule has 7 heteroatoms. The highest BCUT2D eigenvalue weighted by Gasteiger charge is 2.27. The van der Waals surface area contributed by atoms with Crippen LogP contribution in [0.15, 0.2) is 30.3 Å². The van der Waals surface area contributed by atoms with E-state index in [4.69, 9.17) is 0 Å². The number of carbonyl (C=O) groups is 1. The third kappa shape index (κ3) is 2.90. The highest BCUT2D eigenvalue weighted by atomic mass is 32.1. The molecule has 1 N–H and O–H groups in total. The summed E-state index contributed by atoms with van der Waals surface area (Å²) in [5.41, 5.74) is 0.950. The molecule has 22 heavy (non-hydrogen) atoms. The summed E-state index contributed by atoms with van der Waals surface area (Å²) < 4.78 is 1.11. The summed E-state index contributed by atoms with van der Waals surface area (Å²) in [7, 11) is 0. The maximum absolute atomic E-state index is 11.9. The molecule has 1 amide bonds. The molecular formula is C15H12N4OS2. The van der Waals surface area contributed by atoms with Crippen molar-refractivity contribution in [1.29, 1.82) is 0 Å². The fourth-order valence-electron chi connectivity index (χ4n) is 2.04. The van der Waals surface area contributed by atoms with E-state index in [-0.39, 0.29) is 5.91 Å². The summed E-state index contributed by atoms with van der Waals surface area (Å²) in [5, 5.41) is 13.2. The highest BCUT2D eigenvalue weighted by molar-refractivity contribution is 7.19. The van der Waals surface area contributed by atoms with Gasteiger partial charge in [0.1, 0.15) is 10.0 Å². The van der Waals surface area contributed by atoms with Crippen LogP contribution in [0.4, 0.5) is 5.13 Å². The average Bonchev–Trinajstić information content (AvgIpc) is 3.12. The Morgan fingerprint density at radius 1 is 1.23 bits per heavy atom. The smallest absolute Gasteiger partial charge is 0.250 e. The van der Waals surface area contributed by atoms with E-state index in [0.717, 1.165) is 20.2 Å². The summed E-state index contributed by atoms with van der Waals surface area (Å²) >= 11 is 3.01. The molecule has 3 aromatic rings. The number of nitrogens with one attached hydrogen (secondary N) is 1. The van der Waals surface area contributed by atoms with Gasteiger partial charge in [0, 0.05) is 12.0 Å². The minimum Gasteiger partial charge on any atom is -0.297 e. The molecule has 110 valence electrons. The summed E-state index contributed by atoms with van der Waals surface area (Å²) in [5.74, 6) is 0.346. The van der Waals surface area contributed by atoms with Crippen molar-refractivity contribution in [2.75, 3.05) is 5.32 Å². The zero-order valence-corrected chi connectivity index (χ0v) is 13.2. The third-order valence-electron chi connectivity index (χ3n) is 3.29. The monoisotopic (exact) mass is 328 g/mol. The first-order valence-corrected chi connectivity index (χ1v) is 8.59. The Kier molecular flexibility index (Phi) is 3.44. The number of hydrogen-bond donors (Lipinski definition) is 1. The fraction of sp³-hybridized carbons (Fsp3) is 0.200. The number of anilines is 1. The maximum Gasteiger partial charge on any atom is 0.250 e. The van der Waals surface area contributed by atoms with Crippen molar-refractivity contribution in [1.82, 2.24) is 15.2 Å². The Morgan fingerprint density at radius 2 is 2.09 bits per heavy atom. The van der Waals surface area contributed by atoms with E-state index in [1.54, 1.807) is 17.4 Å². The number of carbonyl (C=O) groups excluding carboxylic acids is 1. The van der Waals surface area contributed by atoms with E-state index in [1.165, 1.54) is 30.3 Å². The van der Waals surface area contributed by atoms with Crippen LogP contribution in [0.5, 0.6) is 0 Å². The van der Waals surface area contributed by atoms with Crippen molar-refractivity contribution in [3.8, 4) is 0 Å². The summed E-state index contributed by atoms with van der Waals surface area (Å²) in [6.45, 7) is 0. The quantitative estimate of drug-likeness (QED) is 0.742. The van der Waals surface area contributed by atoms with Crippen molar-refractivity contribution in [2.45, 2.75) is 18.8 Å². The topological polar surface area (TPSA) is 67.8 Å². The van der Waals surface area contributed by atoms with Crippen LogP contribution in [0.1, 0.15) is 28.8 Å². The van der Waals surface area contributed by atoms with Crippen LogP contribution in [-0.2, 0) is 4.79 Å². The van der Waals surface area contributed by atoms with Gasteiger partial charge >= 0.3 is 0 Å². The molecule has 2 aromatic heterocycles. The number of amides is 1. The van der Waals surface area contributed by atoms with Crippen LogP contribution in [-0.4, -0.2) is 21.1 Å². The molecule has 0 saturated heterocycles. The van der Waals surface area contributed by atoms with E-state index in [1.807, 2.05) is 24.3 Å². The van der Waals surface area contributed by atoms with Crippen LogP contribution < -0.4 is 5.32 Å². The molecular weight excluding hydrogens is 316 g/mol. The molecule has 0 unspecified atom stereocenters. The first-order valence-electron chi connectivity index (χ1n) is 6.96. The second kappa shape index (κ2) is 5.58. The summed E-state index contributed by atoms with van der Waals surface area (Å²) in [6.07, 6.45) is 5.57. The number of para-hydroxylation sites is 1. The first kappa shape index (κ1) is 13.5. The number of thiazole rings is 1. The second-order valence-corrected chi connectivity index (χ2v) is 7.13. The van der Waals surface area contributed by atoms with Crippen LogP contribution >= 0.6 is 22.7 Å². The Balaban J connectivity index is 1.43. The van der Waals surface area contributed by atoms with Crippen molar-refractivity contribution in [3.05, 3.63) is 40.4 Å². The zero-order chi connectivity index (χ0) is 14.9. The van der Waals surface area contributed by atoms with Gasteiger partial charge in [-0.3, -0.25) is 10.1 Å². The molecule has 0 radical (unpaired) electrons. The molecule has 1 aliphatic carbocycles. The van der Waals surface area contributed by atoms with Crippen LogP contribution in [0.25, 0.3) is 16.3 Å². The van der Waals surface area contributed by atoms with E-state index < -0.39 is 0 Å². The average molecular weight is 328 g/mol. The van der Waals surface area contributed by atoms with E-state index in [0.29, 0.717) is 11.0 Å². The number of aromatic nitrogens is 3. The predicted octanol–water partition coefficient (Wildman–Crippen LogP) is 3.68. The summed E-state index contributed by atoms with van der Waals surface area (Å²) in [4.78, 5) is 16.4. The number of fused-ring (bicyclic) bond motifs is 1. The lowest BCUT2D eigenvalue weighted by Crippen LogP contribution is -2.07. The van der Waals surface area contributed by atoms with Crippen molar-refractivity contribution < 1.29 is 4.79 Å². The molecule has 1 saturated carbocycles. The molecule has 4 rings (SSSR count). The van der Waals surface area contributed by atoms with Gasteiger partial charge in [-0.1, -0.05) is 23.5 Å². The number of benzene rings is 1. The predicted molar refractivity (Wildman–Crippen MR) is 89.2 cm³/mol. The molecule has 0 bridgehead atoms. The lowest BCUT2D eigenvalue weighted by atomic mass is 10.3. The highest BCUT2D eigenvalue weighted by Crippen LogP contribution is 2.42. The van der Waals surface area contributed by atoms with Gasteiger partial charge in [-0.15, -0.1) is 21.5 Å². The molecule has 5 nitrogen and oxygen atoms in total. The minimum absolute atomic E-state index is 0.210. The zero-order valence-electron chi connectivity index (χ0n) is 11.5. The van der Waals surface area contributed by atoms with Gasteiger partial charge in [0.25, 0.3) is 0 Å². The number of nitrogens with zero attached hydrogens (tertiary/aromatic N) is 3. The Morgan fingerprint density at radius 3 is 2.91 bits per heavy atom. The summed E-state index contributed by atoms with van der Waals surface area (Å²) in [6, 6.07) is 7.91. The van der Waals surface area contributed by atoms with Crippen LogP contribution in [0, 0.1) is 0 Å². The van der Waals surface area contributed by atoms with E-state index in [2.05, 4.69) is 20.5 Å². The van der Waals surface area contributed by atoms with Crippen LogP contribution in [0.3, 0.4) is 0 Å².